The molecule has 0 saturated carbocycles. The Balaban J connectivity index is 2.15. The highest BCUT2D eigenvalue weighted by atomic mass is 35.5. The zero-order valence-electron chi connectivity index (χ0n) is 9.61. The second-order valence-corrected chi connectivity index (χ2v) is 6.41. The molecule has 0 radical (unpaired) electrons. The summed E-state index contributed by atoms with van der Waals surface area (Å²) in [6.45, 7) is 2.46. The summed E-state index contributed by atoms with van der Waals surface area (Å²) in [5.41, 5.74) is 7.54. The first-order valence-corrected chi connectivity index (χ1v) is 7.41. The number of aromatic nitrogens is 2. The second-order valence-electron chi connectivity index (χ2n) is 3.86. The van der Waals surface area contributed by atoms with E-state index in [2.05, 4.69) is 9.97 Å². The number of halogens is 1. The molecule has 2 aromatic heterocycles. The first-order chi connectivity index (χ1) is 8.67. The van der Waals surface area contributed by atoms with Gasteiger partial charge in [-0.2, -0.15) is 0 Å². The van der Waals surface area contributed by atoms with Crippen molar-refractivity contribution in [3.63, 3.8) is 0 Å². The van der Waals surface area contributed by atoms with Gasteiger partial charge in [-0.1, -0.05) is 11.6 Å². The molecule has 3 nitrogen and oxygen atoms in total. The largest absolute Gasteiger partial charge is 0.325 e. The summed E-state index contributed by atoms with van der Waals surface area (Å²) in [6, 6.07) is 5.77. The van der Waals surface area contributed by atoms with Crippen LogP contribution in [-0.2, 0) is 6.54 Å². The van der Waals surface area contributed by atoms with Crippen LogP contribution >= 0.6 is 34.3 Å². The maximum atomic E-state index is 5.97. The number of thiazole rings is 2. The molecular formula is C12H10ClN3S2. The average molecular weight is 296 g/mol. The van der Waals surface area contributed by atoms with E-state index in [1.165, 1.54) is 0 Å². The summed E-state index contributed by atoms with van der Waals surface area (Å²) < 4.78 is 1.14. The summed E-state index contributed by atoms with van der Waals surface area (Å²) in [6.07, 6.45) is 0. The molecular weight excluding hydrogens is 286 g/mol. The number of nitrogens with two attached hydrogens (primary N) is 1. The van der Waals surface area contributed by atoms with Gasteiger partial charge in [0.15, 0.2) is 0 Å². The smallest absolute Gasteiger partial charge is 0.136 e. The van der Waals surface area contributed by atoms with Crippen LogP contribution in [0.3, 0.4) is 0 Å². The van der Waals surface area contributed by atoms with Crippen LogP contribution in [0.4, 0.5) is 0 Å². The Morgan fingerprint density at radius 1 is 1.28 bits per heavy atom. The molecule has 0 saturated heterocycles. The SMILES string of the molecule is Cc1nc(CN)sc1-c1nc2cc(Cl)ccc2s1. The molecule has 92 valence electrons. The number of nitrogens with zero attached hydrogens (tertiary/aromatic N) is 2. The van der Waals surface area contributed by atoms with E-state index in [4.69, 9.17) is 17.3 Å². The van der Waals surface area contributed by atoms with Gasteiger partial charge in [-0.15, -0.1) is 22.7 Å². The summed E-state index contributed by atoms with van der Waals surface area (Å²) in [7, 11) is 0. The Morgan fingerprint density at radius 3 is 2.83 bits per heavy atom. The molecule has 0 unspecified atom stereocenters. The zero-order chi connectivity index (χ0) is 12.7. The minimum Gasteiger partial charge on any atom is -0.325 e. The lowest BCUT2D eigenvalue weighted by Gasteiger charge is -1.89. The van der Waals surface area contributed by atoms with Crippen LogP contribution < -0.4 is 5.73 Å². The summed E-state index contributed by atoms with van der Waals surface area (Å²) in [5, 5.41) is 2.64. The number of hydrogen-bond donors (Lipinski definition) is 1. The van der Waals surface area contributed by atoms with Crippen molar-refractivity contribution in [3.05, 3.63) is 33.9 Å². The highest BCUT2D eigenvalue weighted by molar-refractivity contribution is 7.25. The fourth-order valence-corrected chi connectivity index (χ4v) is 3.92. The fourth-order valence-electron chi connectivity index (χ4n) is 1.74. The fraction of sp³-hybridized carbons (Fsp3) is 0.167. The highest BCUT2D eigenvalue weighted by Gasteiger charge is 2.13. The van der Waals surface area contributed by atoms with Crippen molar-refractivity contribution in [3.8, 4) is 9.88 Å². The zero-order valence-corrected chi connectivity index (χ0v) is 12.0. The van der Waals surface area contributed by atoms with Crippen LogP contribution in [0.5, 0.6) is 0 Å². The van der Waals surface area contributed by atoms with E-state index in [1.807, 2.05) is 25.1 Å². The van der Waals surface area contributed by atoms with Crippen molar-refractivity contribution in [1.29, 1.82) is 0 Å². The van der Waals surface area contributed by atoms with Gasteiger partial charge in [-0.25, -0.2) is 9.97 Å². The molecule has 2 heterocycles. The average Bonchev–Trinajstić information content (AvgIpc) is 2.91. The highest BCUT2D eigenvalue weighted by Crippen LogP contribution is 2.36. The van der Waals surface area contributed by atoms with E-state index < -0.39 is 0 Å². The molecule has 0 fully saturated rings. The van der Waals surface area contributed by atoms with E-state index in [0.717, 1.165) is 30.8 Å². The Labute approximate surface area is 117 Å². The predicted octanol–water partition coefficient (Wildman–Crippen LogP) is 3.84. The third kappa shape index (κ3) is 2.03. The van der Waals surface area contributed by atoms with Gasteiger partial charge in [-0.3, -0.25) is 0 Å². The number of hydrogen-bond acceptors (Lipinski definition) is 5. The van der Waals surface area contributed by atoms with E-state index >= 15 is 0 Å². The first-order valence-electron chi connectivity index (χ1n) is 5.40. The molecule has 18 heavy (non-hydrogen) atoms. The first kappa shape index (κ1) is 12.0. The van der Waals surface area contributed by atoms with Gasteiger partial charge in [0.05, 0.1) is 20.8 Å². The van der Waals surface area contributed by atoms with Crippen LogP contribution in [0.15, 0.2) is 18.2 Å². The lowest BCUT2D eigenvalue weighted by Crippen LogP contribution is -1.94. The Morgan fingerprint density at radius 2 is 2.11 bits per heavy atom. The molecule has 0 aliphatic heterocycles. The Hall–Kier alpha value is -1.01. The van der Waals surface area contributed by atoms with Crippen LogP contribution in [-0.4, -0.2) is 9.97 Å². The Bertz CT molecular complexity index is 717. The molecule has 0 atom stereocenters. The topological polar surface area (TPSA) is 51.8 Å². The third-order valence-corrected chi connectivity index (χ3v) is 5.16. The molecule has 3 rings (SSSR count). The van der Waals surface area contributed by atoms with Gasteiger partial charge >= 0.3 is 0 Å². The van der Waals surface area contributed by atoms with Crippen molar-refractivity contribution in [2.45, 2.75) is 13.5 Å². The molecule has 0 aliphatic carbocycles. The standard InChI is InChI=1S/C12H10ClN3S2/c1-6-11(18-10(5-14)15-6)12-16-8-4-7(13)2-3-9(8)17-12/h2-4H,5,14H2,1H3. The van der Waals surface area contributed by atoms with Crippen molar-refractivity contribution in [2.24, 2.45) is 5.73 Å². The summed E-state index contributed by atoms with van der Waals surface area (Å²) in [4.78, 5) is 10.1. The van der Waals surface area contributed by atoms with E-state index in [0.29, 0.717) is 11.6 Å². The number of aryl methyl sites for hydroxylation is 1. The van der Waals surface area contributed by atoms with Gasteiger partial charge in [0.2, 0.25) is 0 Å². The van der Waals surface area contributed by atoms with E-state index in [-0.39, 0.29) is 0 Å². The van der Waals surface area contributed by atoms with E-state index in [9.17, 15) is 0 Å². The van der Waals surface area contributed by atoms with Crippen LogP contribution in [0.2, 0.25) is 5.02 Å². The van der Waals surface area contributed by atoms with Gasteiger partial charge < -0.3 is 5.73 Å². The molecule has 0 bridgehead atoms. The van der Waals surface area contributed by atoms with Crippen molar-refractivity contribution < 1.29 is 0 Å². The molecule has 3 aromatic rings. The Kier molecular flexibility index (Phi) is 3.07. The van der Waals surface area contributed by atoms with Crippen LogP contribution in [0.25, 0.3) is 20.1 Å². The van der Waals surface area contributed by atoms with Crippen molar-refractivity contribution >= 4 is 44.5 Å². The lowest BCUT2D eigenvalue weighted by molar-refractivity contribution is 1.02. The molecule has 2 N–H and O–H groups in total. The molecule has 0 aliphatic rings. The molecule has 0 spiro atoms. The quantitative estimate of drug-likeness (QED) is 0.781. The van der Waals surface area contributed by atoms with Gasteiger partial charge in [0.25, 0.3) is 0 Å². The maximum absolute atomic E-state index is 5.97. The second kappa shape index (κ2) is 4.59. The van der Waals surface area contributed by atoms with E-state index in [1.54, 1.807) is 22.7 Å². The number of benzene rings is 1. The molecule has 0 amide bonds. The van der Waals surface area contributed by atoms with Crippen molar-refractivity contribution in [2.75, 3.05) is 0 Å². The van der Waals surface area contributed by atoms with Crippen molar-refractivity contribution in [1.82, 2.24) is 9.97 Å². The maximum Gasteiger partial charge on any atom is 0.136 e. The minimum absolute atomic E-state index is 0.474. The lowest BCUT2D eigenvalue weighted by atomic mass is 10.3. The van der Waals surface area contributed by atoms with Crippen LogP contribution in [0.1, 0.15) is 10.7 Å². The van der Waals surface area contributed by atoms with Gasteiger partial charge in [0, 0.05) is 11.6 Å². The number of rotatable bonds is 2. The summed E-state index contributed by atoms with van der Waals surface area (Å²) >= 11 is 9.24. The normalized spacial score (nSPS) is 11.3. The minimum atomic E-state index is 0.474. The predicted molar refractivity (Wildman–Crippen MR) is 78.4 cm³/mol. The monoisotopic (exact) mass is 295 g/mol. The molecule has 6 heteroatoms. The third-order valence-electron chi connectivity index (χ3n) is 2.56. The summed E-state index contributed by atoms with van der Waals surface area (Å²) in [5.74, 6) is 0. The van der Waals surface area contributed by atoms with Gasteiger partial charge in [0.1, 0.15) is 10.0 Å². The van der Waals surface area contributed by atoms with Gasteiger partial charge in [-0.05, 0) is 25.1 Å². The number of fused-ring (bicyclic) bond motifs is 1. The molecule has 1 aromatic carbocycles. The van der Waals surface area contributed by atoms with Crippen LogP contribution in [0, 0.1) is 6.92 Å².